The zero-order chi connectivity index (χ0) is 18.4. The second kappa shape index (κ2) is 8.58. The van der Waals surface area contributed by atoms with Crippen molar-refractivity contribution >= 4 is 17.2 Å². The van der Waals surface area contributed by atoms with E-state index in [0.717, 1.165) is 16.3 Å². The second-order valence-electron chi connectivity index (χ2n) is 5.70. The minimum absolute atomic E-state index is 0.217. The molecule has 1 N–H and O–H groups in total. The Labute approximate surface area is 155 Å². The predicted octanol–water partition coefficient (Wildman–Crippen LogP) is 4.42. The Morgan fingerprint density at radius 2 is 1.92 bits per heavy atom. The lowest BCUT2D eigenvalue weighted by Gasteiger charge is -2.17. The average molecular weight is 370 g/mol. The van der Waals surface area contributed by atoms with Crippen LogP contribution in [0.3, 0.4) is 0 Å². The number of ether oxygens (including phenoxy) is 1. The highest BCUT2D eigenvalue weighted by Gasteiger charge is 2.18. The molecule has 1 heterocycles. The van der Waals surface area contributed by atoms with Crippen molar-refractivity contribution in [1.29, 1.82) is 0 Å². The minimum Gasteiger partial charge on any atom is -0.481 e. The van der Waals surface area contributed by atoms with Crippen molar-refractivity contribution in [3.05, 3.63) is 71.5 Å². The molecule has 0 radical (unpaired) electrons. The molecule has 3 rings (SSSR count). The van der Waals surface area contributed by atoms with Crippen LogP contribution in [-0.2, 0) is 11.3 Å². The molecule has 0 saturated heterocycles. The van der Waals surface area contributed by atoms with Gasteiger partial charge in [0.1, 0.15) is 16.6 Å². The van der Waals surface area contributed by atoms with Crippen LogP contribution >= 0.6 is 11.3 Å². The Kier molecular flexibility index (Phi) is 5.96. The summed E-state index contributed by atoms with van der Waals surface area (Å²) in [6.45, 7) is 2.20. The standard InChI is InChI=1S/C20H19FN2O2S/c1-2-18(25-17-10-8-15(21)9-11-17)19(24)22-12-16-13-26-20(23-16)14-6-4-3-5-7-14/h3-11,13,18H,2,12H2,1H3,(H,22,24)/t18-/m1/s1. The molecule has 0 aliphatic heterocycles. The van der Waals surface area contributed by atoms with Crippen LogP contribution in [-0.4, -0.2) is 17.0 Å². The zero-order valence-electron chi connectivity index (χ0n) is 14.3. The number of nitrogens with one attached hydrogen (secondary N) is 1. The number of benzene rings is 2. The van der Waals surface area contributed by atoms with Gasteiger partial charge in [0.25, 0.3) is 5.91 Å². The van der Waals surface area contributed by atoms with Gasteiger partial charge in [0.15, 0.2) is 6.10 Å². The van der Waals surface area contributed by atoms with Crippen molar-refractivity contribution in [2.45, 2.75) is 26.0 Å². The zero-order valence-corrected chi connectivity index (χ0v) is 15.1. The molecular formula is C20H19FN2O2S. The summed E-state index contributed by atoms with van der Waals surface area (Å²) >= 11 is 1.54. The molecule has 0 unspecified atom stereocenters. The summed E-state index contributed by atoms with van der Waals surface area (Å²) in [5, 5.41) is 5.71. The topological polar surface area (TPSA) is 51.2 Å². The molecule has 1 atom stereocenters. The number of hydrogen-bond acceptors (Lipinski definition) is 4. The van der Waals surface area contributed by atoms with Crippen LogP contribution in [0.5, 0.6) is 5.75 Å². The highest BCUT2D eigenvalue weighted by molar-refractivity contribution is 7.13. The molecule has 2 aromatic carbocycles. The monoisotopic (exact) mass is 370 g/mol. The number of thiazole rings is 1. The highest BCUT2D eigenvalue weighted by atomic mass is 32.1. The van der Waals surface area contributed by atoms with E-state index in [1.807, 2.05) is 42.6 Å². The first kappa shape index (κ1) is 18.1. The van der Waals surface area contributed by atoms with E-state index in [9.17, 15) is 9.18 Å². The van der Waals surface area contributed by atoms with E-state index in [-0.39, 0.29) is 11.7 Å². The number of rotatable bonds is 7. The maximum Gasteiger partial charge on any atom is 0.261 e. The molecule has 3 aromatic rings. The van der Waals surface area contributed by atoms with Gasteiger partial charge in [-0.2, -0.15) is 0 Å². The van der Waals surface area contributed by atoms with E-state index in [4.69, 9.17) is 4.74 Å². The van der Waals surface area contributed by atoms with Gasteiger partial charge in [-0.05, 0) is 30.7 Å². The summed E-state index contributed by atoms with van der Waals surface area (Å²) < 4.78 is 18.6. The lowest BCUT2D eigenvalue weighted by Crippen LogP contribution is -2.37. The molecule has 0 spiro atoms. The SMILES string of the molecule is CC[C@@H](Oc1ccc(F)cc1)C(=O)NCc1csc(-c2ccccc2)n1. The first-order valence-electron chi connectivity index (χ1n) is 8.35. The Balaban J connectivity index is 1.57. The highest BCUT2D eigenvalue weighted by Crippen LogP contribution is 2.23. The third kappa shape index (κ3) is 4.67. The molecule has 134 valence electrons. The molecule has 1 amide bonds. The Hall–Kier alpha value is -2.73. The van der Waals surface area contributed by atoms with Crippen molar-refractivity contribution in [2.24, 2.45) is 0 Å². The molecular weight excluding hydrogens is 351 g/mol. The van der Waals surface area contributed by atoms with Gasteiger partial charge in [0.05, 0.1) is 12.2 Å². The maximum atomic E-state index is 13.0. The summed E-state index contributed by atoms with van der Waals surface area (Å²) in [4.78, 5) is 16.9. The summed E-state index contributed by atoms with van der Waals surface area (Å²) in [6.07, 6.45) is -0.122. The van der Waals surface area contributed by atoms with E-state index in [0.29, 0.717) is 18.7 Å². The smallest absolute Gasteiger partial charge is 0.261 e. The van der Waals surface area contributed by atoms with Crippen LogP contribution in [0.4, 0.5) is 4.39 Å². The van der Waals surface area contributed by atoms with E-state index in [2.05, 4.69) is 10.3 Å². The van der Waals surface area contributed by atoms with Crippen LogP contribution in [0.1, 0.15) is 19.0 Å². The Morgan fingerprint density at radius 3 is 2.62 bits per heavy atom. The molecule has 0 bridgehead atoms. The lowest BCUT2D eigenvalue weighted by molar-refractivity contribution is -0.128. The maximum absolute atomic E-state index is 13.0. The summed E-state index contributed by atoms with van der Waals surface area (Å²) in [5.74, 6) is -0.0906. The molecule has 1 aromatic heterocycles. The largest absolute Gasteiger partial charge is 0.481 e. The molecule has 0 aliphatic carbocycles. The number of carbonyl (C=O) groups excluding carboxylic acids is 1. The van der Waals surface area contributed by atoms with Crippen molar-refractivity contribution in [1.82, 2.24) is 10.3 Å². The van der Waals surface area contributed by atoms with Gasteiger partial charge >= 0.3 is 0 Å². The predicted molar refractivity (Wildman–Crippen MR) is 101 cm³/mol. The van der Waals surface area contributed by atoms with Crippen molar-refractivity contribution in [2.75, 3.05) is 0 Å². The number of halogens is 1. The second-order valence-corrected chi connectivity index (χ2v) is 6.55. The van der Waals surface area contributed by atoms with E-state index >= 15 is 0 Å². The van der Waals surface area contributed by atoms with Crippen LogP contribution in [0.15, 0.2) is 60.0 Å². The van der Waals surface area contributed by atoms with Crippen molar-refractivity contribution in [3.63, 3.8) is 0 Å². The third-order valence-electron chi connectivity index (χ3n) is 3.77. The first-order valence-corrected chi connectivity index (χ1v) is 9.23. The normalized spacial score (nSPS) is 11.8. The van der Waals surface area contributed by atoms with Gasteiger partial charge in [0.2, 0.25) is 0 Å². The fourth-order valence-electron chi connectivity index (χ4n) is 2.39. The number of amides is 1. The molecule has 4 nitrogen and oxygen atoms in total. The van der Waals surface area contributed by atoms with E-state index in [1.165, 1.54) is 24.3 Å². The Morgan fingerprint density at radius 1 is 1.19 bits per heavy atom. The molecule has 6 heteroatoms. The average Bonchev–Trinajstić information content (AvgIpc) is 3.15. The van der Waals surface area contributed by atoms with Crippen LogP contribution in [0.2, 0.25) is 0 Å². The van der Waals surface area contributed by atoms with Gasteiger partial charge in [-0.25, -0.2) is 9.37 Å². The first-order chi connectivity index (χ1) is 12.7. The van der Waals surface area contributed by atoms with Gasteiger partial charge in [-0.3, -0.25) is 4.79 Å². The molecule has 0 saturated carbocycles. The van der Waals surface area contributed by atoms with Gasteiger partial charge in [0, 0.05) is 10.9 Å². The minimum atomic E-state index is -0.632. The lowest BCUT2D eigenvalue weighted by atomic mass is 10.2. The van der Waals surface area contributed by atoms with Gasteiger partial charge in [-0.1, -0.05) is 37.3 Å². The molecule has 26 heavy (non-hydrogen) atoms. The summed E-state index contributed by atoms with van der Waals surface area (Å²) in [6, 6.07) is 15.5. The third-order valence-corrected chi connectivity index (χ3v) is 4.71. The van der Waals surface area contributed by atoms with Crippen molar-refractivity contribution in [3.8, 4) is 16.3 Å². The van der Waals surface area contributed by atoms with Crippen LogP contribution < -0.4 is 10.1 Å². The van der Waals surface area contributed by atoms with E-state index < -0.39 is 6.10 Å². The molecule has 0 fully saturated rings. The number of nitrogens with zero attached hydrogens (tertiary/aromatic N) is 1. The fourth-order valence-corrected chi connectivity index (χ4v) is 3.22. The fraction of sp³-hybridized carbons (Fsp3) is 0.200. The quantitative estimate of drug-likeness (QED) is 0.670. The van der Waals surface area contributed by atoms with Crippen LogP contribution in [0.25, 0.3) is 10.6 Å². The van der Waals surface area contributed by atoms with Gasteiger partial charge < -0.3 is 10.1 Å². The number of carbonyl (C=O) groups is 1. The van der Waals surface area contributed by atoms with Gasteiger partial charge in [-0.15, -0.1) is 11.3 Å². The summed E-state index contributed by atoms with van der Waals surface area (Å²) in [7, 11) is 0. The number of aromatic nitrogens is 1. The van der Waals surface area contributed by atoms with E-state index in [1.54, 1.807) is 11.3 Å². The number of hydrogen-bond donors (Lipinski definition) is 1. The van der Waals surface area contributed by atoms with Crippen LogP contribution in [0, 0.1) is 5.82 Å². The molecule has 0 aliphatic rings. The van der Waals surface area contributed by atoms with Crippen molar-refractivity contribution < 1.29 is 13.9 Å². The summed E-state index contributed by atoms with van der Waals surface area (Å²) in [5.41, 5.74) is 1.86. The Bertz CT molecular complexity index is 850.